The molecular formula is C22H18N6O3. The Hall–Kier alpha value is -4.14. The van der Waals surface area contributed by atoms with Gasteiger partial charge in [0.1, 0.15) is 5.75 Å². The van der Waals surface area contributed by atoms with Crippen LogP contribution in [0.4, 0.5) is 5.69 Å². The molecule has 1 aromatic carbocycles. The van der Waals surface area contributed by atoms with Gasteiger partial charge < -0.3 is 4.74 Å². The molecule has 0 unspecified atom stereocenters. The Morgan fingerprint density at radius 2 is 1.68 bits per heavy atom. The molecule has 0 spiro atoms. The summed E-state index contributed by atoms with van der Waals surface area (Å²) >= 11 is 0. The second kappa shape index (κ2) is 6.69. The average molecular weight is 414 g/mol. The van der Waals surface area contributed by atoms with Crippen molar-refractivity contribution < 1.29 is 14.3 Å². The zero-order chi connectivity index (χ0) is 21.9. The van der Waals surface area contributed by atoms with Crippen molar-refractivity contribution >= 4 is 28.5 Å². The molecule has 0 aliphatic carbocycles. The minimum Gasteiger partial charge on any atom is -0.495 e. The number of pyridine rings is 1. The second-order valence-corrected chi connectivity index (χ2v) is 7.31. The van der Waals surface area contributed by atoms with Crippen molar-refractivity contribution in [3.63, 3.8) is 0 Å². The van der Waals surface area contributed by atoms with Gasteiger partial charge in [0, 0.05) is 17.6 Å². The van der Waals surface area contributed by atoms with Gasteiger partial charge in [-0.15, -0.1) is 0 Å². The van der Waals surface area contributed by atoms with Gasteiger partial charge in [-0.1, -0.05) is 12.1 Å². The van der Waals surface area contributed by atoms with Crippen LogP contribution in [0.3, 0.4) is 0 Å². The molecule has 0 atom stereocenters. The number of aromatic nitrogens is 5. The van der Waals surface area contributed by atoms with Crippen molar-refractivity contribution in [3.8, 4) is 11.7 Å². The molecule has 0 bridgehead atoms. The number of fused-ring (bicyclic) bond motifs is 3. The maximum atomic E-state index is 13.4. The van der Waals surface area contributed by atoms with Gasteiger partial charge in [0.15, 0.2) is 5.65 Å². The summed E-state index contributed by atoms with van der Waals surface area (Å²) in [6.45, 7) is 5.51. The van der Waals surface area contributed by atoms with E-state index in [0.717, 1.165) is 16.3 Å². The molecule has 5 rings (SSSR count). The summed E-state index contributed by atoms with van der Waals surface area (Å²) in [5.74, 6) is -0.103. The molecule has 9 heteroatoms. The van der Waals surface area contributed by atoms with E-state index in [0.29, 0.717) is 34.1 Å². The summed E-state index contributed by atoms with van der Waals surface area (Å²) in [7, 11) is 1.49. The predicted octanol–water partition coefficient (Wildman–Crippen LogP) is 2.94. The van der Waals surface area contributed by atoms with Gasteiger partial charge in [-0.3, -0.25) is 9.59 Å². The van der Waals surface area contributed by atoms with Crippen molar-refractivity contribution in [3.05, 3.63) is 64.7 Å². The van der Waals surface area contributed by atoms with Crippen LogP contribution >= 0.6 is 0 Å². The first-order chi connectivity index (χ1) is 14.9. The van der Waals surface area contributed by atoms with Gasteiger partial charge in [-0.05, 0) is 39.0 Å². The predicted molar refractivity (Wildman–Crippen MR) is 113 cm³/mol. The molecule has 31 heavy (non-hydrogen) atoms. The zero-order valence-electron chi connectivity index (χ0n) is 17.4. The zero-order valence-corrected chi connectivity index (χ0v) is 17.4. The fourth-order valence-electron chi connectivity index (χ4n) is 3.94. The summed E-state index contributed by atoms with van der Waals surface area (Å²) in [5, 5.41) is 5.04. The Balaban J connectivity index is 1.73. The summed E-state index contributed by atoms with van der Waals surface area (Å²) in [4.78, 5) is 41.1. The third-order valence-electron chi connectivity index (χ3n) is 5.21. The van der Waals surface area contributed by atoms with Crippen LogP contribution in [-0.2, 0) is 0 Å². The first-order valence-corrected chi connectivity index (χ1v) is 9.63. The van der Waals surface area contributed by atoms with Crippen molar-refractivity contribution in [1.29, 1.82) is 0 Å². The van der Waals surface area contributed by atoms with E-state index in [1.54, 1.807) is 31.2 Å². The van der Waals surface area contributed by atoms with Crippen LogP contribution in [0.15, 0.2) is 36.5 Å². The van der Waals surface area contributed by atoms with Gasteiger partial charge in [0.25, 0.3) is 17.8 Å². The molecule has 0 saturated carbocycles. The van der Waals surface area contributed by atoms with Crippen molar-refractivity contribution in [2.75, 3.05) is 12.0 Å². The lowest BCUT2D eigenvalue weighted by atomic mass is 10.1. The molecule has 1 aliphatic heterocycles. The van der Waals surface area contributed by atoms with Crippen molar-refractivity contribution in [1.82, 2.24) is 24.7 Å². The average Bonchev–Trinajstić information content (AvgIpc) is 3.21. The highest BCUT2D eigenvalue weighted by Crippen LogP contribution is 2.37. The number of anilines is 1. The molecule has 1 aliphatic rings. The van der Waals surface area contributed by atoms with Crippen LogP contribution < -0.4 is 9.64 Å². The number of nitrogens with zero attached hydrogens (tertiary/aromatic N) is 6. The van der Waals surface area contributed by atoms with E-state index < -0.39 is 11.8 Å². The highest BCUT2D eigenvalue weighted by Gasteiger charge is 2.41. The minimum absolute atomic E-state index is 0.229. The van der Waals surface area contributed by atoms with E-state index in [4.69, 9.17) is 4.74 Å². The first kappa shape index (κ1) is 18.9. The third kappa shape index (κ3) is 2.70. The molecule has 0 N–H and O–H groups in total. The molecule has 9 nitrogen and oxygen atoms in total. The molecule has 154 valence electrons. The summed E-state index contributed by atoms with van der Waals surface area (Å²) in [6, 6.07) is 8.76. The molecule has 4 aromatic rings. The SMILES string of the molecule is COc1ccccc1N1C(=O)c2cnc3c(c(C)nn3-c3nc(C)cc(C)n3)c2C1=O. The highest BCUT2D eigenvalue weighted by molar-refractivity contribution is 6.37. The van der Waals surface area contributed by atoms with Crippen LogP contribution in [0.5, 0.6) is 5.75 Å². The van der Waals surface area contributed by atoms with Crippen molar-refractivity contribution in [2.24, 2.45) is 0 Å². The molecule has 3 aromatic heterocycles. The number of hydrogen-bond donors (Lipinski definition) is 0. The van der Waals surface area contributed by atoms with E-state index in [-0.39, 0.29) is 11.1 Å². The maximum Gasteiger partial charge on any atom is 0.267 e. The monoisotopic (exact) mass is 414 g/mol. The number of benzene rings is 1. The van der Waals surface area contributed by atoms with E-state index >= 15 is 0 Å². The van der Waals surface area contributed by atoms with E-state index in [2.05, 4.69) is 20.1 Å². The topological polar surface area (TPSA) is 103 Å². The fourth-order valence-corrected chi connectivity index (χ4v) is 3.94. The summed E-state index contributed by atoms with van der Waals surface area (Å²) in [5.41, 5.74) is 3.44. The first-order valence-electron chi connectivity index (χ1n) is 9.63. The standard InChI is InChI=1S/C22H18N6O3/c1-11-9-12(2)25-22(24-11)28-19-17(13(3)26-28)18-14(10-23-19)20(29)27(21(18)30)15-7-5-6-8-16(15)31-4/h5-10H,1-4H3. The lowest BCUT2D eigenvalue weighted by molar-refractivity contribution is 0.0925. The fraction of sp³-hybridized carbons (Fsp3) is 0.182. The van der Waals surface area contributed by atoms with Crippen LogP contribution in [-0.4, -0.2) is 43.7 Å². The highest BCUT2D eigenvalue weighted by atomic mass is 16.5. The smallest absolute Gasteiger partial charge is 0.267 e. The number of methoxy groups -OCH3 is 1. The Morgan fingerprint density at radius 1 is 0.968 bits per heavy atom. The summed E-state index contributed by atoms with van der Waals surface area (Å²) < 4.78 is 6.86. The Labute approximate surface area is 177 Å². The van der Waals surface area contributed by atoms with E-state index in [9.17, 15) is 9.59 Å². The van der Waals surface area contributed by atoms with E-state index in [1.807, 2.05) is 19.9 Å². The molecule has 0 radical (unpaired) electrons. The number of imide groups is 1. The van der Waals surface area contributed by atoms with Crippen LogP contribution in [0.2, 0.25) is 0 Å². The number of amides is 2. The number of ether oxygens (including phenoxy) is 1. The summed E-state index contributed by atoms with van der Waals surface area (Å²) in [6.07, 6.45) is 1.41. The number of carbonyl (C=O) groups is 2. The minimum atomic E-state index is -0.450. The molecule has 0 fully saturated rings. The molecular weight excluding hydrogens is 396 g/mol. The van der Waals surface area contributed by atoms with Gasteiger partial charge in [0.05, 0.1) is 35.0 Å². The van der Waals surface area contributed by atoms with E-state index in [1.165, 1.54) is 18.0 Å². The third-order valence-corrected chi connectivity index (χ3v) is 5.21. The molecule has 0 saturated heterocycles. The number of para-hydroxylation sites is 2. The van der Waals surface area contributed by atoms with Gasteiger partial charge in [-0.25, -0.2) is 19.9 Å². The Kier molecular flexibility index (Phi) is 4.07. The van der Waals surface area contributed by atoms with Gasteiger partial charge in [-0.2, -0.15) is 9.78 Å². The number of hydrogen-bond acceptors (Lipinski definition) is 7. The normalized spacial score (nSPS) is 13.2. The van der Waals surface area contributed by atoms with Gasteiger partial charge in [0.2, 0.25) is 0 Å². The van der Waals surface area contributed by atoms with Crippen LogP contribution in [0.1, 0.15) is 37.8 Å². The molecule has 4 heterocycles. The lowest BCUT2D eigenvalue weighted by Crippen LogP contribution is -2.29. The Morgan fingerprint density at radius 3 is 2.39 bits per heavy atom. The quantitative estimate of drug-likeness (QED) is 0.475. The number of aryl methyl sites for hydroxylation is 3. The van der Waals surface area contributed by atoms with Crippen LogP contribution in [0.25, 0.3) is 17.0 Å². The van der Waals surface area contributed by atoms with Gasteiger partial charge >= 0.3 is 0 Å². The maximum absolute atomic E-state index is 13.4. The number of rotatable bonds is 3. The Bertz CT molecular complexity index is 1390. The van der Waals surface area contributed by atoms with Crippen molar-refractivity contribution in [2.45, 2.75) is 20.8 Å². The van der Waals surface area contributed by atoms with Crippen LogP contribution in [0, 0.1) is 20.8 Å². The second-order valence-electron chi connectivity index (χ2n) is 7.31. The largest absolute Gasteiger partial charge is 0.495 e. The lowest BCUT2D eigenvalue weighted by Gasteiger charge is -2.16. The number of carbonyl (C=O) groups excluding carboxylic acids is 2. The molecule has 2 amide bonds.